The van der Waals surface area contributed by atoms with Gasteiger partial charge in [-0.15, -0.1) is 0 Å². The molecule has 48 heavy (non-hydrogen) atoms. The van der Waals surface area contributed by atoms with E-state index in [1.54, 1.807) is 18.2 Å². The van der Waals surface area contributed by atoms with Crippen molar-refractivity contribution in [1.29, 1.82) is 0 Å². The van der Waals surface area contributed by atoms with Crippen molar-refractivity contribution in [3.05, 3.63) is 45.4 Å². The number of aromatic nitrogens is 2. The lowest BCUT2D eigenvalue weighted by atomic mass is 9.79. The normalized spacial score (nSPS) is 23.0. The third kappa shape index (κ3) is 7.08. The van der Waals surface area contributed by atoms with E-state index in [0.29, 0.717) is 63.1 Å². The number of nitrogens with one attached hydrogen (secondary N) is 3. The maximum Gasteiger partial charge on any atom is 0.391 e. The Bertz CT molecular complexity index is 1700. The van der Waals surface area contributed by atoms with Crippen LogP contribution in [0.5, 0.6) is 0 Å². The maximum absolute atomic E-state index is 13.9. The lowest BCUT2D eigenvalue weighted by Crippen LogP contribution is -2.49. The summed E-state index contributed by atoms with van der Waals surface area (Å²) >= 11 is 13.4. The molecule has 2 aromatic carbocycles. The molecule has 2 saturated heterocycles. The molecule has 2 aliphatic carbocycles. The molecule has 0 radical (unpaired) electrons. The lowest BCUT2D eigenvalue weighted by molar-refractivity contribution is -0.182. The van der Waals surface area contributed by atoms with Gasteiger partial charge in [-0.25, -0.2) is 4.98 Å². The number of alkyl halides is 3. The van der Waals surface area contributed by atoms with Gasteiger partial charge in [0, 0.05) is 37.6 Å². The highest BCUT2D eigenvalue weighted by Gasteiger charge is 2.42. The smallest absolute Gasteiger partial charge is 0.368 e. The van der Waals surface area contributed by atoms with Gasteiger partial charge in [-0.2, -0.15) is 13.2 Å². The molecule has 3 aromatic rings. The summed E-state index contributed by atoms with van der Waals surface area (Å²) in [5.41, 5.74) is 3.26. The van der Waals surface area contributed by atoms with E-state index in [9.17, 15) is 22.8 Å². The van der Waals surface area contributed by atoms with E-state index in [2.05, 4.69) is 20.9 Å². The summed E-state index contributed by atoms with van der Waals surface area (Å²) < 4.78 is 41.7. The first-order valence-corrected chi connectivity index (χ1v) is 17.5. The summed E-state index contributed by atoms with van der Waals surface area (Å²) in [5.74, 6) is -0.692. The van der Waals surface area contributed by atoms with E-state index < -0.39 is 17.5 Å². The van der Waals surface area contributed by atoms with Crippen LogP contribution in [0.15, 0.2) is 24.3 Å². The first-order chi connectivity index (χ1) is 22.6. The van der Waals surface area contributed by atoms with E-state index in [1.165, 1.54) is 12.8 Å². The average molecular weight is 708 g/mol. The average Bonchev–Trinajstić information content (AvgIpc) is 3.35. The standard InChI is InChI=1S/C35H43Cl2F3N6O2/c1-34(2,3)32(48)41-17-20-7-14-25(36)30(29(20)37)44-33-43-26-15-24(31(47)42-22-10-8-21(9-11-22)35(38,39)40)27(16-28(26)45(33)4)46-18-19-5-12-23(46)13-6-19/h7,14-16,19,21-23H,5-6,8-13,17-18H2,1-4H3,(H,41,48)(H,42,47)(H,43,44). The third-order valence-electron chi connectivity index (χ3n) is 10.3. The second kappa shape index (κ2) is 13.3. The van der Waals surface area contributed by atoms with Gasteiger partial charge in [-0.1, -0.05) is 50.0 Å². The minimum atomic E-state index is -4.20. The van der Waals surface area contributed by atoms with E-state index in [1.807, 2.05) is 38.5 Å². The van der Waals surface area contributed by atoms with Crippen molar-refractivity contribution in [2.75, 3.05) is 16.8 Å². The molecule has 4 aliphatic rings. The first kappa shape index (κ1) is 34.7. The van der Waals surface area contributed by atoms with Crippen LogP contribution in [0.4, 0.5) is 30.5 Å². The molecule has 0 unspecified atom stereocenters. The van der Waals surface area contributed by atoms with Crippen LogP contribution in [0.25, 0.3) is 11.0 Å². The van der Waals surface area contributed by atoms with E-state index in [0.717, 1.165) is 30.6 Å². The molecular weight excluding hydrogens is 664 g/mol. The highest BCUT2D eigenvalue weighted by Crippen LogP contribution is 2.42. The van der Waals surface area contributed by atoms with Gasteiger partial charge in [-0.05, 0) is 81.0 Å². The number of aryl methyl sites for hydroxylation is 1. The van der Waals surface area contributed by atoms with Crippen LogP contribution in [0, 0.1) is 17.3 Å². The van der Waals surface area contributed by atoms with Crippen molar-refractivity contribution < 1.29 is 22.8 Å². The number of hydrogen-bond donors (Lipinski definition) is 3. The molecule has 8 nitrogen and oxygen atoms in total. The Morgan fingerprint density at radius 2 is 1.67 bits per heavy atom. The minimum absolute atomic E-state index is 0.0146. The van der Waals surface area contributed by atoms with Gasteiger partial charge in [0.2, 0.25) is 11.9 Å². The van der Waals surface area contributed by atoms with Crippen molar-refractivity contribution in [2.24, 2.45) is 24.3 Å². The third-order valence-corrected chi connectivity index (χ3v) is 11.1. The summed E-state index contributed by atoms with van der Waals surface area (Å²) in [6.45, 7) is 6.59. The topological polar surface area (TPSA) is 91.3 Å². The zero-order valence-electron chi connectivity index (χ0n) is 27.7. The van der Waals surface area contributed by atoms with Gasteiger partial charge in [0.15, 0.2) is 0 Å². The number of piperidine rings is 2. The fourth-order valence-corrected chi connectivity index (χ4v) is 7.88. The van der Waals surface area contributed by atoms with Crippen molar-refractivity contribution in [1.82, 2.24) is 20.2 Å². The van der Waals surface area contributed by atoms with Gasteiger partial charge in [0.05, 0.1) is 43.9 Å². The molecule has 2 saturated carbocycles. The fourth-order valence-electron chi connectivity index (χ4n) is 7.35. The zero-order chi connectivity index (χ0) is 34.5. The number of nitrogens with zero attached hydrogens (tertiary/aromatic N) is 3. The van der Waals surface area contributed by atoms with Gasteiger partial charge in [0.1, 0.15) is 0 Å². The first-order valence-electron chi connectivity index (χ1n) is 16.8. The number of fused-ring (bicyclic) bond motifs is 4. The van der Waals surface area contributed by atoms with Gasteiger partial charge < -0.3 is 25.4 Å². The number of benzene rings is 2. The number of carbonyl (C=O) groups is 2. The summed E-state index contributed by atoms with van der Waals surface area (Å²) in [4.78, 5) is 33.6. The molecule has 3 heterocycles. The summed E-state index contributed by atoms with van der Waals surface area (Å²) in [6, 6.07) is 7.29. The van der Waals surface area contributed by atoms with Gasteiger partial charge in [-0.3, -0.25) is 9.59 Å². The summed E-state index contributed by atoms with van der Waals surface area (Å²) in [6.07, 6.45) is 0.881. The minimum Gasteiger partial charge on any atom is -0.368 e. The maximum atomic E-state index is 13.9. The fraction of sp³-hybridized carbons (Fsp3) is 0.571. The second-order valence-corrected chi connectivity index (χ2v) is 15.5. The predicted molar refractivity (Wildman–Crippen MR) is 184 cm³/mol. The Morgan fingerprint density at radius 1 is 0.979 bits per heavy atom. The Hall–Kier alpha value is -3.18. The Kier molecular flexibility index (Phi) is 9.58. The molecule has 0 spiro atoms. The Balaban J connectivity index is 1.30. The monoisotopic (exact) mass is 706 g/mol. The van der Waals surface area contributed by atoms with Gasteiger partial charge >= 0.3 is 6.18 Å². The van der Waals surface area contributed by atoms with Crippen molar-refractivity contribution in [3.63, 3.8) is 0 Å². The van der Waals surface area contributed by atoms with Crippen LogP contribution in [0.2, 0.25) is 10.0 Å². The number of halogens is 5. The highest BCUT2D eigenvalue weighted by atomic mass is 35.5. The van der Waals surface area contributed by atoms with E-state index >= 15 is 0 Å². The van der Waals surface area contributed by atoms with Crippen LogP contribution in [0.1, 0.15) is 88.1 Å². The Labute approximate surface area is 289 Å². The Morgan fingerprint density at radius 3 is 2.27 bits per heavy atom. The number of carbonyl (C=O) groups excluding carboxylic acids is 2. The summed E-state index contributed by atoms with van der Waals surface area (Å²) in [5, 5.41) is 9.99. The lowest BCUT2D eigenvalue weighted by Gasteiger charge is -2.47. The SMILES string of the molecule is Cn1c(Nc2c(Cl)ccc(CNC(=O)C(C)(C)C)c2Cl)nc2cc(C(=O)NC3CCC(C(F)(F)F)CC3)c(N3CC4CCC3CC4)cc21. The molecule has 4 fully saturated rings. The van der Waals surface area contributed by atoms with Crippen LogP contribution < -0.4 is 20.9 Å². The molecule has 2 aliphatic heterocycles. The molecule has 2 bridgehead atoms. The van der Waals surface area contributed by atoms with Crippen LogP contribution in [0.3, 0.4) is 0 Å². The largest absolute Gasteiger partial charge is 0.391 e. The van der Waals surface area contributed by atoms with E-state index in [-0.39, 0.29) is 37.2 Å². The van der Waals surface area contributed by atoms with Crippen molar-refractivity contribution >= 4 is 63.4 Å². The van der Waals surface area contributed by atoms with Crippen LogP contribution in [-0.2, 0) is 18.4 Å². The van der Waals surface area contributed by atoms with Gasteiger partial charge in [0.25, 0.3) is 5.91 Å². The molecule has 13 heteroatoms. The quantitative estimate of drug-likeness (QED) is 0.229. The molecule has 260 valence electrons. The second-order valence-electron chi connectivity index (χ2n) is 14.7. The van der Waals surface area contributed by atoms with Crippen molar-refractivity contribution in [3.8, 4) is 0 Å². The highest BCUT2D eigenvalue weighted by molar-refractivity contribution is 6.39. The molecular formula is C35H43Cl2F3N6O2. The zero-order valence-corrected chi connectivity index (χ0v) is 29.2. The molecule has 2 amide bonds. The number of hydrogen-bond acceptors (Lipinski definition) is 5. The van der Waals surface area contributed by atoms with Crippen LogP contribution >= 0.6 is 23.2 Å². The van der Waals surface area contributed by atoms with Crippen molar-refractivity contribution in [2.45, 2.75) is 96.9 Å². The van der Waals surface area contributed by atoms with E-state index in [4.69, 9.17) is 28.2 Å². The number of rotatable bonds is 7. The molecule has 0 atom stereocenters. The number of amides is 2. The van der Waals surface area contributed by atoms with Crippen LogP contribution in [-0.4, -0.2) is 46.2 Å². The summed E-state index contributed by atoms with van der Waals surface area (Å²) in [7, 11) is 1.87. The predicted octanol–water partition coefficient (Wildman–Crippen LogP) is 8.52. The molecule has 1 aromatic heterocycles. The molecule has 3 N–H and O–H groups in total. The number of anilines is 3. The molecule has 7 rings (SSSR count). The number of imidazole rings is 1.